The topological polar surface area (TPSA) is 100 Å². The molecule has 0 spiro atoms. The first-order valence-corrected chi connectivity index (χ1v) is 10.6. The van der Waals surface area contributed by atoms with Crippen LogP contribution in [0.2, 0.25) is 5.02 Å². The number of hydrogen-bond acceptors (Lipinski definition) is 6. The number of carbonyl (C=O) groups excluding carboxylic acids is 2. The van der Waals surface area contributed by atoms with Crippen molar-refractivity contribution in [1.82, 2.24) is 14.9 Å². The fourth-order valence-electron chi connectivity index (χ4n) is 3.91. The molecule has 9 heteroatoms. The maximum Gasteiger partial charge on any atom is 0.294 e. The van der Waals surface area contributed by atoms with E-state index in [4.69, 9.17) is 16.0 Å². The van der Waals surface area contributed by atoms with Crippen molar-refractivity contribution in [3.05, 3.63) is 47.4 Å². The summed E-state index contributed by atoms with van der Waals surface area (Å²) in [4.78, 5) is 36.5. The Hall–Kier alpha value is -2.97. The van der Waals surface area contributed by atoms with Crippen molar-refractivity contribution in [1.29, 1.82) is 0 Å². The minimum Gasteiger partial charge on any atom is -0.447 e. The summed E-state index contributed by atoms with van der Waals surface area (Å²) in [6.07, 6.45) is 6.56. The van der Waals surface area contributed by atoms with Crippen LogP contribution in [-0.4, -0.2) is 46.8 Å². The number of carbonyl (C=O) groups is 2. The van der Waals surface area contributed by atoms with Crippen molar-refractivity contribution < 1.29 is 14.0 Å². The molecule has 0 aliphatic heterocycles. The van der Waals surface area contributed by atoms with E-state index < -0.39 is 5.91 Å². The number of fused-ring (bicyclic) bond motifs is 1. The first-order chi connectivity index (χ1) is 14.9. The van der Waals surface area contributed by atoms with Gasteiger partial charge in [-0.05, 0) is 64.0 Å². The Morgan fingerprint density at radius 3 is 2.55 bits per heavy atom. The maximum atomic E-state index is 13.0. The standard InChI is InChI=1S/C22H24ClN5O3/c1-28(2)15-8-5-13(6-9-15)21(29)27-19-18-16(4-3-11-24-18)31-20(19)22(30)26-17-10-7-14(23)12-25-17/h3-4,7,10-13,15H,5-6,8-9H2,1-2H3,(H,27,29)(H,25,26,30). The minimum absolute atomic E-state index is 0.0132. The number of hydrogen-bond donors (Lipinski definition) is 2. The third-order valence-corrected chi connectivity index (χ3v) is 5.89. The molecule has 3 aromatic rings. The van der Waals surface area contributed by atoms with Crippen LogP contribution in [0.25, 0.3) is 11.1 Å². The van der Waals surface area contributed by atoms with Crippen LogP contribution >= 0.6 is 11.6 Å². The first kappa shape index (κ1) is 21.3. The summed E-state index contributed by atoms with van der Waals surface area (Å²) < 4.78 is 5.74. The highest BCUT2D eigenvalue weighted by Crippen LogP contribution is 2.32. The second-order valence-corrected chi connectivity index (χ2v) is 8.37. The minimum atomic E-state index is -0.528. The SMILES string of the molecule is CN(C)C1CCC(C(=O)Nc2c(C(=O)Nc3ccc(Cl)cn3)oc3cccnc23)CC1. The van der Waals surface area contributed by atoms with Gasteiger partial charge in [0.2, 0.25) is 11.7 Å². The van der Waals surface area contributed by atoms with E-state index in [1.165, 1.54) is 6.20 Å². The molecule has 4 rings (SSSR count). The molecular formula is C22H24ClN5O3. The van der Waals surface area contributed by atoms with Gasteiger partial charge in [-0.15, -0.1) is 0 Å². The third-order valence-electron chi connectivity index (χ3n) is 5.67. The molecule has 0 unspecified atom stereocenters. The average molecular weight is 442 g/mol. The number of rotatable bonds is 5. The van der Waals surface area contributed by atoms with Gasteiger partial charge in [0.05, 0.1) is 5.02 Å². The number of furan rings is 1. The number of anilines is 2. The number of nitrogens with zero attached hydrogens (tertiary/aromatic N) is 3. The molecule has 0 bridgehead atoms. The Morgan fingerprint density at radius 1 is 1.10 bits per heavy atom. The van der Waals surface area contributed by atoms with Crippen molar-refractivity contribution in [2.45, 2.75) is 31.7 Å². The van der Waals surface area contributed by atoms with Crippen LogP contribution in [0.5, 0.6) is 0 Å². The highest BCUT2D eigenvalue weighted by Gasteiger charge is 2.30. The number of nitrogens with one attached hydrogen (secondary N) is 2. The molecule has 3 heterocycles. The van der Waals surface area contributed by atoms with Crippen molar-refractivity contribution >= 4 is 46.0 Å². The Kier molecular flexibility index (Phi) is 6.20. The molecular weight excluding hydrogens is 418 g/mol. The summed E-state index contributed by atoms with van der Waals surface area (Å²) in [5.74, 6) is -0.453. The summed E-state index contributed by atoms with van der Waals surface area (Å²) in [7, 11) is 4.13. The fourth-order valence-corrected chi connectivity index (χ4v) is 4.02. The second kappa shape index (κ2) is 9.03. The van der Waals surface area contributed by atoms with Crippen molar-refractivity contribution in [3.8, 4) is 0 Å². The van der Waals surface area contributed by atoms with Gasteiger partial charge in [-0.25, -0.2) is 4.98 Å². The van der Waals surface area contributed by atoms with E-state index in [1.807, 2.05) is 0 Å². The number of halogens is 1. The zero-order valence-electron chi connectivity index (χ0n) is 17.4. The first-order valence-electron chi connectivity index (χ1n) is 10.2. The van der Waals surface area contributed by atoms with Crippen LogP contribution in [0, 0.1) is 5.92 Å². The van der Waals surface area contributed by atoms with Crippen LogP contribution in [-0.2, 0) is 4.79 Å². The monoisotopic (exact) mass is 441 g/mol. The maximum absolute atomic E-state index is 13.0. The molecule has 0 radical (unpaired) electrons. The van der Waals surface area contributed by atoms with Gasteiger partial charge in [0.1, 0.15) is 17.0 Å². The highest BCUT2D eigenvalue weighted by atomic mass is 35.5. The van der Waals surface area contributed by atoms with Crippen LogP contribution in [0.4, 0.5) is 11.5 Å². The number of pyridine rings is 2. The zero-order valence-corrected chi connectivity index (χ0v) is 18.1. The Morgan fingerprint density at radius 2 is 1.87 bits per heavy atom. The predicted octanol–water partition coefficient (Wildman–Crippen LogP) is 4.19. The third kappa shape index (κ3) is 4.70. The number of amides is 2. The summed E-state index contributed by atoms with van der Waals surface area (Å²) >= 11 is 5.85. The molecule has 31 heavy (non-hydrogen) atoms. The van der Waals surface area contributed by atoms with Gasteiger partial charge < -0.3 is 20.0 Å². The molecule has 2 amide bonds. The van der Waals surface area contributed by atoms with E-state index >= 15 is 0 Å². The van der Waals surface area contributed by atoms with E-state index in [1.54, 1.807) is 30.5 Å². The van der Waals surface area contributed by atoms with E-state index in [-0.39, 0.29) is 23.3 Å². The fraction of sp³-hybridized carbons (Fsp3) is 0.364. The van der Waals surface area contributed by atoms with Gasteiger partial charge in [-0.1, -0.05) is 11.6 Å². The molecule has 1 saturated carbocycles. The quantitative estimate of drug-likeness (QED) is 0.615. The summed E-state index contributed by atoms with van der Waals surface area (Å²) in [5, 5.41) is 6.04. The van der Waals surface area contributed by atoms with Gasteiger partial charge in [-0.2, -0.15) is 0 Å². The second-order valence-electron chi connectivity index (χ2n) is 7.93. The largest absolute Gasteiger partial charge is 0.447 e. The molecule has 8 nitrogen and oxygen atoms in total. The Bertz CT molecular complexity index is 1090. The van der Waals surface area contributed by atoms with Gasteiger partial charge >= 0.3 is 0 Å². The van der Waals surface area contributed by atoms with E-state index in [0.717, 1.165) is 25.7 Å². The molecule has 1 aliphatic carbocycles. The summed E-state index contributed by atoms with van der Waals surface area (Å²) in [6.45, 7) is 0. The molecule has 0 atom stereocenters. The lowest BCUT2D eigenvalue weighted by molar-refractivity contribution is -0.121. The van der Waals surface area contributed by atoms with Crippen molar-refractivity contribution in [2.24, 2.45) is 5.92 Å². The lowest BCUT2D eigenvalue weighted by Crippen LogP contribution is -2.35. The van der Waals surface area contributed by atoms with E-state index in [9.17, 15) is 9.59 Å². The van der Waals surface area contributed by atoms with Crippen LogP contribution in [0.3, 0.4) is 0 Å². The van der Waals surface area contributed by atoms with E-state index in [2.05, 4.69) is 39.6 Å². The lowest BCUT2D eigenvalue weighted by Gasteiger charge is -2.31. The summed E-state index contributed by atoms with van der Waals surface area (Å²) in [5.41, 5.74) is 1.14. The molecule has 162 valence electrons. The average Bonchev–Trinajstić information content (AvgIpc) is 3.14. The molecule has 1 aliphatic rings. The van der Waals surface area contributed by atoms with Gasteiger partial charge in [0.15, 0.2) is 5.58 Å². The van der Waals surface area contributed by atoms with E-state index in [0.29, 0.717) is 28.0 Å². The molecule has 3 aromatic heterocycles. The smallest absolute Gasteiger partial charge is 0.294 e. The highest BCUT2D eigenvalue weighted by molar-refractivity contribution is 6.30. The van der Waals surface area contributed by atoms with Crippen molar-refractivity contribution in [2.75, 3.05) is 24.7 Å². The van der Waals surface area contributed by atoms with Gasteiger partial charge in [0, 0.05) is 24.4 Å². The van der Waals surface area contributed by atoms with Crippen LogP contribution in [0.15, 0.2) is 41.1 Å². The predicted molar refractivity (Wildman–Crippen MR) is 119 cm³/mol. The number of aromatic nitrogens is 2. The van der Waals surface area contributed by atoms with Gasteiger partial charge in [0.25, 0.3) is 5.91 Å². The molecule has 0 aromatic carbocycles. The van der Waals surface area contributed by atoms with Crippen LogP contribution in [0.1, 0.15) is 36.2 Å². The summed E-state index contributed by atoms with van der Waals surface area (Å²) in [6, 6.07) is 7.12. The zero-order chi connectivity index (χ0) is 22.0. The molecule has 0 saturated heterocycles. The molecule has 2 N–H and O–H groups in total. The Labute approximate surface area is 185 Å². The normalized spacial score (nSPS) is 18.8. The van der Waals surface area contributed by atoms with Gasteiger partial charge in [-0.3, -0.25) is 14.6 Å². The Balaban J connectivity index is 1.56. The lowest BCUT2D eigenvalue weighted by atomic mass is 9.85. The molecule has 1 fully saturated rings. The van der Waals surface area contributed by atoms with Crippen molar-refractivity contribution in [3.63, 3.8) is 0 Å². The van der Waals surface area contributed by atoms with Crippen LogP contribution < -0.4 is 10.6 Å².